The Morgan fingerprint density at radius 2 is 1.76 bits per heavy atom. The fraction of sp³-hybridized carbons (Fsp3) is 0.417. The summed E-state index contributed by atoms with van der Waals surface area (Å²) in [4.78, 5) is 30.4. The number of nitrogens with zero attached hydrogens (tertiary/aromatic N) is 3. The molecule has 0 radical (unpaired) electrons. The number of rotatable bonds is 6. The van der Waals surface area contributed by atoms with Crippen molar-refractivity contribution in [2.75, 3.05) is 39.8 Å². The van der Waals surface area contributed by atoms with Crippen LogP contribution in [0.1, 0.15) is 45.2 Å². The first kappa shape index (κ1) is 22.1. The number of piperazine rings is 1. The number of carbonyl (C=O) groups excluding carboxylic acids is 2. The number of nitrogens with one attached hydrogen (secondary N) is 1. The molecule has 1 saturated carbocycles. The Labute approximate surface area is 194 Å². The minimum Gasteiger partial charge on any atom is -0.344 e. The van der Waals surface area contributed by atoms with Gasteiger partial charge in [-0.3, -0.25) is 14.5 Å². The van der Waals surface area contributed by atoms with Gasteiger partial charge in [0.15, 0.2) is 0 Å². The smallest absolute Gasteiger partial charge is 0.269 e. The van der Waals surface area contributed by atoms with E-state index in [0.717, 1.165) is 36.0 Å². The number of sulfonamides is 1. The van der Waals surface area contributed by atoms with Gasteiger partial charge >= 0.3 is 0 Å². The highest BCUT2D eigenvalue weighted by Gasteiger charge is 2.48. The molecule has 1 saturated heterocycles. The van der Waals surface area contributed by atoms with E-state index in [4.69, 9.17) is 0 Å². The van der Waals surface area contributed by atoms with Crippen LogP contribution in [-0.2, 0) is 10.0 Å². The van der Waals surface area contributed by atoms with Crippen molar-refractivity contribution in [2.45, 2.75) is 29.8 Å². The Morgan fingerprint density at radius 3 is 2.42 bits per heavy atom. The van der Waals surface area contributed by atoms with E-state index in [9.17, 15) is 18.0 Å². The monoisotopic (exact) mass is 468 g/mol. The van der Waals surface area contributed by atoms with Gasteiger partial charge in [-0.15, -0.1) is 0 Å². The Hall–Kier alpha value is -2.75. The van der Waals surface area contributed by atoms with Crippen LogP contribution >= 0.6 is 0 Å². The number of carbonyl (C=O) groups is 2. The normalized spacial score (nSPS) is 21.6. The van der Waals surface area contributed by atoms with Crippen LogP contribution in [0, 0.1) is 0 Å². The zero-order chi connectivity index (χ0) is 23.2. The highest BCUT2D eigenvalue weighted by molar-refractivity contribution is 7.90. The maximum absolute atomic E-state index is 13.2. The molecule has 0 aromatic heterocycles. The van der Waals surface area contributed by atoms with Crippen LogP contribution in [0.15, 0.2) is 53.4 Å². The van der Waals surface area contributed by atoms with Crippen LogP contribution in [0.2, 0.25) is 0 Å². The summed E-state index contributed by atoms with van der Waals surface area (Å²) in [6.45, 7) is 4.46. The molecule has 2 aromatic rings. The van der Waals surface area contributed by atoms with E-state index in [-0.39, 0.29) is 34.0 Å². The van der Waals surface area contributed by atoms with E-state index in [1.807, 2.05) is 30.3 Å². The summed E-state index contributed by atoms with van der Waals surface area (Å²) in [7, 11) is -1.80. The van der Waals surface area contributed by atoms with E-state index in [2.05, 4.69) is 22.2 Å². The van der Waals surface area contributed by atoms with Crippen LogP contribution < -0.4 is 5.32 Å². The van der Waals surface area contributed by atoms with Gasteiger partial charge in [0.2, 0.25) is 0 Å². The molecule has 0 spiro atoms. The molecule has 0 bridgehead atoms. The van der Waals surface area contributed by atoms with Gasteiger partial charge in [0.25, 0.3) is 21.8 Å². The van der Waals surface area contributed by atoms with Gasteiger partial charge in [0.1, 0.15) is 4.90 Å². The zero-order valence-corrected chi connectivity index (χ0v) is 19.4. The van der Waals surface area contributed by atoms with Crippen LogP contribution in [-0.4, -0.2) is 80.2 Å². The van der Waals surface area contributed by atoms with Crippen molar-refractivity contribution < 1.29 is 18.0 Å². The average Bonchev–Trinajstić information content (AvgIpc) is 3.62. The fourth-order valence-electron chi connectivity index (χ4n) is 4.51. The van der Waals surface area contributed by atoms with Gasteiger partial charge in [-0.05, 0) is 43.7 Å². The topological polar surface area (TPSA) is 90.0 Å². The largest absolute Gasteiger partial charge is 0.344 e. The summed E-state index contributed by atoms with van der Waals surface area (Å²) >= 11 is 0. The average molecular weight is 469 g/mol. The van der Waals surface area contributed by atoms with Crippen molar-refractivity contribution in [3.63, 3.8) is 0 Å². The third-order valence-corrected chi connectivity index (χ3v) is 8.51. The van der Waals surface area contributed by atoms with Crippen LogP contribution in [0.3, 0.4) is 0 Å². The van der Waals surface area contributed by atoms with Crippen LogP contribution in [0.25, 0.3) is 0 Å². The molecular formula is C24H28N4O4S. The molecule has 1 atom stereocenters. The lowest BCUT2D eigenvalue weighted by Crippen LogP contribution is -2.47. The maximum Gasteiger partial charge on any atom is 0.269 e. The lowest BCUT2D eigenvalue weighted by molar-refractivity contribution is 0.0862. The number of likely N-dealkylation sites (N-methyl/N-ethyl adjacent to an activating group) is 1. The van der Waals surface area contributed by atoms with Gasteiger partial charge in [-0.2, -0.15) is 0 Å². The summed E-state index contributed by atoms with van der Waals surface area (Å²) in [5.74, 6) is -0.843. The lowest BCUT2D eigenvalue weighted by Gasteiger charge is -2.35. The number of fused-ring (bicyclic) bond motifs is 1. The number of benzene rings is 2. The highest BCUT2D eigenvalue weighted by Crippen LogP contribution is 2.39. The van der Waals surface area contributed by atoms with Crippen molar-refractivity contribution in [2.24, 2.45) is 0 Å². The summed E-state index contributed by atoms with van der Waals surface area (Å²) in [6.07, 6.45) is 1.38. The van der Waals surface area contributed by atoms with E-state index >= 15 is 0 Å². The molecule has 174 valence electrons. The van der Waals surface area contributed by atoms with Gasteiger partial charge < -0.3 is 10.2 Å². The molecule has 2 fully saturated rings. The fourth-order valence-corrected chi connectivity index (χ4v) is 6.35. The van der Waals surface area contributed by atoms with Crippen molar-refractivity contribution in [1.82, 2.24) is 19.4 Å². The second-order valence-electron chi connectivity index (χ2n) is 9.09. The molecule has 2 aliphatic heterocycles. The molecule has 3 aliphatic rings. The molecule has 1 aliphatic carbocycles. The molecule has 1 N–H and O–H groups in total. The van der Waals surface area contributed by atoms with E-state index in [0.29, 0.717) is 19.4 Å². The molecular weight excluding hydrogens is 440 g/mol. The summed E-state index contributed by atoms with van der Waals surface area (Å²) in [5.41, 5.74) is 1.38. The second-order valence-corrected chi connectivity index (χ2v) is 10.9. The molecule has 9 heteroatoms. The van der Waals surface area contributed by atoms with Crippen molar-refractivity contribution in [1.29, 1.82) is 0 Å². The second kappa shape index (κ2) is 8.55. The number of hydrogen-bond donors (Lipinski definition) is 1. The SMILES string of the molecule is CN1CCN(CC(NC(=O)c2ccc3c(c2)S(=O)(=O)N(C2CC2)C3=O)c2ccccc2)CC1. The molecule has 5 rings (SSSR count). The first-order valence-electron chi connectivity index (χ1n) is 11.3. The number of amides is 2. The van der Waals surface area contributed by atoms with E-state index < -0.39 is 15.9 Å². The van der Waals surface area contributed by atoms with Gasteiger partial charge in [0.05, 0.1) is 11.6 Å². The Balaban J connectivity index is 1.38. The van der Waals surface area contributed by atoms with Gasteiger partial charge in [0, 0.05) is 44.3 Å². The quantitative estimate of drug-likeness (QED) is 0.694. The molecule has 2 amide bonds. The van der Waals surface area contributed by atoms with Gasteiger partial charge in [-0.1, -0.05) is 30.3 Å². The molecule has 1 unspecified atom stereocenters. The van der Waals surface area contributed by atoms with Crippen molar-refractivity contribution in [3.8, 4) is 0 Å². The molecule has 8 nitrogen and oxygen atoms in total. The minimum absolute atomic E-state index is 0.0672. The summed E-state index contributed by atoms with van der Waals surface area (Å²) in [5, 5.41) is 3.10. The molecule has 2 aromatic carbocycles. The minimum atomic E-state index is -3.91. The standard InChI is InChI=1S/C24H28N4O4S/c1-26-11-13-27(14-12-26)16-21(17-5-3-2-4-6-17)25-23(29)18-7-10-20-22(15-18)33(31,32)28(24(20)30)19-8-9-19/h2-7,10,15,19,21H,8-9,11-14,16H2,1H3,(H,25,29). The summed E-state index contributed by atoms with van der Waals surface area (Å²) < 4.78 is 26.9. The Bertz CT molecular complexity index is 1170. The van der Waals surface area contributed by atoms with Crippen molar-refractivity contribution in [3.05, 3.63) is 65.2 Å². The third kappa shape index (κ3) is 4.28. The van der Waals surface area contributed by atoms with E-state index in [1.165, 1.54) is 18.2 Å². The predicted octanol–water partition coefficient (Wildman–Crippen LogP) is 1.71. The third-order valence-electron chi connectivity index (χ3n) is 6.63. The van der Waals surface area contributed by atoms with Gasteiger partial charge in [-0.25, -0.2) is 12.7 Å². The number of hydrogen-bond acceptors (Lipinski definition) is 6. The van der Waals surface area contributed by atoms with Crippen LogP contribution in [0.5, 0.6) is 0 Å². The Kier molecular flexibility index (Phi) is 5.72. The predicted molar refractivity (Wildman–Crippen MR) is 123 cm³/mol. The lowest BCUT2D eigenvalue weighted by atomic mass is 10.0. The Morgan fingerprint density at radius 1 is 1.06 bits per heavy atom. The first-order chi connectivity index (χ1) is 15.8. The first-order valence-corrected chi connectivity index (χ1v) is 12.8. The molecule has 2 heterocycles. The van der Waals surface area contributed by atoms with Crippen LogP contribution in [0.4, 0.5) is 0 Å². The highest BCUT2D eigenvalue weighted by atomic mass is 32.2. The molecule has 33 heavy (non-hydrogen) atoms. The maximum atomic E-state index is 13.2. The van der Waals surface area contributed by atoms with E-state index in [1.54, 1.807) is 0 Å². The van der Waals surface area contributed by atoms with Crippen molar-refractivity contribution >= 4 is 21.8 Å². The summed E-state index contributed by atoms with van der Waals surface area (Å²) in [6, 6.07) is 13.7. The zero-order valence-electron chi connectivity index (χ0n) is 18.6.